The van der Waals surface area contributed by atoms with Crippen LogP contribution in [0.3, 0.4) is 0 Å². The lowest BCUT2D eigenvalue weighted by molar-refractivity contribution is 0.201. The van der Waals surface area contributed by atoms with E-state index in [1.54, 1.807) is 0 Å². The summed E-state index contributed by atoms with van der Waals surface area (Å²) < 4.78 is 5.33. The molecule has 0 aromatic heterocycles. The molecule has 4 nitrogen and oxygen atoms in total. The maximum atomic E-state index is 8.68. The second-order valence-electron chi connectivity index (χ2n) is 4.82. The third-order valence-electron chi connectivity index (χ3n) is 3.30. The highest BCUT2D eigenvalue weighted by Gasteiger charge is 2.15. The van der Waals surface area contributed by atoms with Crippen molar-refractivity contribution in [3.8, 4) is 5.75 Å². The first-order chi connectivity index (χ1) is 8.78. The number of hydrogen-bond acceptors (Lipinski definition) is 4. The van der Waals surface area contributed by atoms with Gasteiger partial charge in [0.05, 0.1) is 6.61 Å². The number of benzene rings is 1. The van der Waals surface area contributed by atoms with E-state index in [0.29, 0.717) is 12.6 Å². The number of likely N-dealkylation sites (tertiary alicyclic amines) is 1. The molecule has 0 bridgehead atoms. The summed E-state index contributed by atoms with van der Waals surface area (Å²) in [6, 6.07) is 8.51. The van der Waals surface area contributed by atoms with Crippen LogP contribution in [0.4, 0.5) is 5.69 Å². The molecule has 1 aromatic rings. The van der Waals surface area contributed by atoms with E-state index >= 15 is 0 Å². The molecular formula is C14H22N2O2. The highest BCUT2D eigenvalue weighted by molar-refractivity contribution is 5.47. The predicted molar refractivity (Wildman–Crippen MR) is 73.2 cm³/mol. The summed E-state index contributed by atoms with van der Waals surface area (Å²) in [5.41, 5.74) is 1.14. The third-order valence-corrected chi connectivity index (χ3v) is 3.30. The Labute approximate surface area is 109 Å². The molecule has 1 saturated heterocycles. The van der Waals surface area contributed by atoms with Gasteiger partial charge >= 0.3 is 0 Å². The Morgan fingerprint density at radius 1 is 1.28 bits per heavy atom. The van der Waals surface area contributed by atoms with Crippen LogP contribution in [0.1, 0.15) is 12.8 Å². The second kappa shape index (κ2) is 6.61. The number of nitrogens with one attached hydrogen (secondary N) is 1. The molecule has 100 valence electrons. The fourth-order valence-electron chi connectivity index (χ4n) is 2.20. The highest BCUT2D eigenvalue weighted by Crippen LogP contribution is 2.19. The number of aliphatic hydroxyl groups excluding tert-OH is 1. The Morgan fingerprint density at radius 3 is 2.56 bits per heavy atom. The number of hydrogen-bond donors (Lipinski definition) is 2. The maximum Gasteiger partial charge on any atom is 0.119 e. The van der Waals surface area contributed by atoms with Crippen LogP contribution in [0.25, 0.3) is 0 Å². The molecule has 1 heterocycles. The molecule has 0 atom stereocenters. The molecule has 1 aliphatic rings. The smallest absolute Gasteiger partial charge is 0.119 e. The van der Waals surface area contributed by atoms with E-state index in [4.69, 9.17) is 9.84 Å². The van der Waals surface area contributed by atoms with Crippen molar-refractivity contribution in [3.05, 3.63) is 24.3 Å². The van der Waals surface area contributed by atoms with Crippen LogP contribution in [-0.2, 0) is 0 Å². The zero-order valence-corrected chi connectivity index (χ0v) is 10.9. The summed E-state index contributed by atoms with van der Waals surface area (Å²) in [4.78, 5) is 2.37. The number of ether oxygens (including phenoxy) is 1. The van der Waals surface area contributed by atoms with Crippen molar-refractivity contribution in [3.63, 3.8) is 0 Å². The van der Waals surface area contributed by atoms with Crippen LogP contribution in [-0.4, -0.2) is 49.4 Å². The number of piperidine rings is 1. The van der Waals surface area contributed by atoms with Gasteiger partial charge in [-0.2, -0.15) is 0 Å². The van der Waals surface area contributed by atoms with Crippen molar-refractivity contribution in [2.45, 2.75) is 18.9 Å². The number of anilines is 1. The molecule has 0 spiro atoms. The largest absolute Gasteiger partial charge is 0.491 e. The van der Waals surface area contributed by atoms with Crippen LogP contribution < -0.4 is 10.1 Å². The molecule has 2 N–H and O–H groups in total. The van der Waals surface area contributed by atoms with Crippen molar-refractivity contribution >= 4 is 5.69 Å². The van der Waals surface area contributed by atoms with Gasteiger partial charge < -0.3 is 20.1 Å². The molecule has 0 aliphatic carbocycles. The summed E-state index contributed by atoms with van der Waals surface area (Å²) in [5.74, 6) is 0.804. The van der Waals surface area contributed by atoms with E-state index in [1.165, 1.54) is 12.8 Å². The average molecular weight is 250 g/mol. The highest BCUT2D eigenvalue weighted by atomic mass is 16.5. The standard InChI is InChI=1S/C14H22N2O2/c1-16-8-6-13(7-9-16)15-12-2-4-14(5-3-12)18-11-10-17/h2-5,13,15,17H,6-11H2,1H3. The molecular weight excluding hydrogens is 228 g/mol. The number of nitrogens with zero attached hydrogens (tertiary/aromatic N) is 1. The maximum absolute atomic E-state index is 8.68. The summed E-state index contributed by atoms with van der Waals surface area (Å²) in [6.45, 7) is 2.72. The van der Waals surface area contributed by atoms with Gasteiger partial charge in [-0.1, -0.05) is 0 Å². The first-order valence-electron chi connectivity index (χ1n) is 6.57. The molecule has 1 aromatic carbocycles. The van der Waals surface area contributed by atoms with Gasteiger partial charge in [-0.25, -0.2) is 0 Å². The molecule has 0 radical (unpaired) electrons. The monoisotopic (exact) mass is 250 g/mol. The predicted octanol–water partition coefficient (Wildman–Crippen LogP) is 1.56. The van der Waals surface area contributed by atoms with Crippen molar-refractivity contribution in [2.24, 2.45) is 0 Å². The lowest BCUT2D eigenvalue weighted by atomic mass is 10.1. The third kappa shape index (κ3) is 3.89. The van der Waals surface area contributed by atoms with Crippen LogP contribution in [0, 0.1) is 0 Å². The molecule has 4 heteroatoms. The van der Waals surface area contributed by atoms with Gasteiger partial charge in [0.2, 0.25) is 0 Å². The lowest BCUT2D eigenvalue weighted by Gasteiger charge is -2.30. The van der Waals surface area contributed by atoms with E-state index in [-0.39, 0.29) is 6.61 Å². The van der Waals surface area contributed by atoms with Crippen LogP contribution in [0.15, 0.2) is 24.3 Å². The normalized spacial score (nSPS) is 17.7. The fraction of sp³-hybridized carbons (Fsp3) is 0.571. The molecule has 1 aliphatic heterocycles. The first-order valence-corrected chi connectivity index (χ1v) is 6.57. The van der Waals surface area contributed by atoms with Crippen molar-refractivity contribution < 1.29 is 9.84 Å². The Kier molecular flexibility index (Phi) is 4.84. The minimum Gasteiger partial charge on any atom is -0.491 e. The Morgan fingerprint density at radius 2 is 1.94 bits per heavy atom. The van der Waals surface area contributed by atoms with Gasteiger partial charge in [-0.3, -0.25) is 0 Å². The van der Waals surface area contributed by atoms with Gasteiger partial charge in [0.15, 0.2) is 0 Å². The average Bonchev–Trinajstić information content (AvgIpc) is 2.41. The van der Waals surface area contributed by atoms with Gasteiger partial charge in [0, 0.05) is 11.7 Å². The van der Waals surface area contributed by atoms with E-state index < -0.39 is 0 Å². The van der Waals surface area contributed by atoms with Gasteiger partial charge in [0.25, 0.3) is 0 Å². The molecule has 0 saturated carbocycles. The summed E-state index contributed by atoms with van der Waals surface area (Å²) in [5, 5.41) is 12.2. The van der Waals surface area contributed by atoms with Gasteiger partial charge in [-0.15, -0.1) is 0 Å². The fourth-order valence-corrected chi connectivity index (χ4v) is 2.20. The van der Waals surface area contributed by atoms with E-state index in [1.807, 2.05) is 24.3 Å². The number of rotatable bonds is 5. The quantitative estimate of drug-likeness (QED) is 0.832. The lowest BCUT2D eigenvalue weighted by Crippen LogP contribution is -2.36. The van der Waals surface area contributed by atoms with Crippen molar-refractivity contribution in [2.75, 3.05) is 38.7 Å². The molecule has 0 amide bonds. The zero-order chi connectivity index (χ0) is 12.8. The van der Waals surface area contributed by atoms with Crippen molar-refractivity contribution in [1.82, 2.24) is 4.90 Å². The molecule has 18 heavy (non-hydrogen) atoms. The van der Waals surface area contributed by atoms with E-state index in [2.05, 4.69) is 17.3 Å². The first kappa shape index (κ1) is 13.2. The van der Waals surface area contributed by atoms with Gasteiger partial charge in [0.1, 0.15) is 12.4 Å². The van der Waals surface area contributed by atoms with Crippen LogP contribution >= 0.6 is 0 Å². The summed E-state index contributed by atoms with van der Waals surface area (Å²) in [6.07, 6.45) is 2.39. The second-order valence-corrected chi connectivity index (χ2v) is 4.82. The van der Waals surface area contributed by atoms with Crippen molar-refractivity contribution in [1.29, 1.82) is 0 Å². The van der Waals surface area contributed by atoms with E-state index in [9.17, 15) is 0 Å². The zero-order valence-electron chi connectivity index (χ0n) is 10.9. The van der Waals surface area contributed by atoms with Gasteiger partial charge in [-0.05, 0) is 57.2 Å². The Bertz CT molecular complexity index is 345. The van der Waals surface area contributed by atoms with Crippen LogP contribution in [0.2, 0.25) is 0 Å². The minimum absolute atomic E-state index is 0.0512. The number of aliphatic hydroxyl groups is 1. The summed E-state index contributed by atoms with van der Waals surface area (Å²) >= 11 is 0. The topological polar surface area (TPSA) is 44.7 Å². The molecule has 0 unspecified atom stereocenters. The molecule has 2 rings (SSSR count). The van der Waals surface area contributed by atoms with Crippen LogP contribution in [0.5, 0.6) is 5.75 Å². The molecule has 1 fully saturated rings. The summed E-state index contributed by atoms with van der Waals surface area (Å²) in [7, 11) is 2.17. The minimum atomic E-state index is 0.0512. The Balaban J connectivity index is 1.82. The Hall–Kier alpha value is -1.26. The van der Waals surface area contributed by atoms with E-state index in [0.717, 1.165) is 24.5 Å². The SMILES string of the molecule is CN1CCC(Nc2ccc(OCCO)cc2)CC1.